The molecule has 1 fully saturated rings. The van der Waals surface area contributed by atoms with Gasteiger partial charge in [0.2, 0.25) is 0 Å². The Balaban J connectivity index is 2.25. The zero-order chi connectivity index (χ0) is 13.7. The van der Waals surface area contributed by atoms with Gasteiger partial charge in [-0.2, -0.15) is 0 Å². The number of ether oxygens (including phenoxy) is 2. The maximum absolute atomic E-state index is 5.55. The summed E-state index contributed by atoms with van der Waals surface area (Å²) in [5, 5.41) is 3.38. The first kappa shape index (κ1) is 14.2. The van der Waals surface area contributed by atoms with E-state index in [0.29, 0.717) is 0 Å². The molecule has 19 heavy (non-hydrogen) atoms. The van der Waals surface area contributed by atoms with E-state index in [1.807, 2.05) is 6.07 Å². The van der Waals surface area contributed by atoms with Gasteiger partial charge in [-0.05, 0) is 18.1 Å². The highest BCUT2D eigenvalue weighted by molar-refractivity contribution is 5.46. The molecule has 0 aliphatic carbocycles. The molecule has 0 saturated carbocycles. The minimum absolute atomic E-state index is 0.873. The highest BCUT2D eigenvalue weighted by Gasteiger charge is 2.16. The Kier molecular flexibility index (Phi) is 5.05. The van der Waals surface area contributed by atoms with Crippen molar-refractivity contribution in [1.29, 1.82) is 0 Å². The fourth-order valence-electron chi connectivity index (χ4n) is 2.56. The molecule has 1 aromatic rings. The third-order valence-corrected chi connectivity index (χ3v) is 3.70. The van der Waals surface area contributed by atoms with E-state index >= 15 is 0 Å². The summed E-state index contributed by atoms with van der Waals surface area (Å²) in [7, 11) is 3.43. The number of rotatable bonds is 5. The lowest BCUT2D eigenvalue weighted by Crippen LogP contribution is -2.43. The van der Waals surface area contributed by atoms with Gasteiger partial charge in [0.25, 0.3) is 0 Å². The number of nitrogens with one attached hydrogen (secondary N) is 1. The van der Waals surface area contributed by atoms with Crippen LogP contribution in [-0.2, 0) is 13.0 Å². The van der Waals surface area contributed by atoms with Crippen molar-refractivity contribution in [2.45, 2.75) is 19.9 Å². The first-order valence-electron chi connectivity index (χ1n) is 6.95. The van der Waals surface area contributed by atoms with Crippen LogP contribution >= 0.6 is 0 Å². The van der Waals surface area contributed by atoms with Gasteiger partial charge >= 0.3 is 0 Å². The Morgan fingerprint density at radius 1 is 1.16 bits per heavy atom. The van der Waals surface area contributed by atoms with Gasteiger partial charge in [0.05, 0.1) is 14.2 Å². The van der Waals surface area contributed by atoms with Crippen molar-refractivity contribution in [1.82, 2.24) is 10.2 Å². The molecule has 106 valence electrons. The van der Waals surface area contributed by atoms with Crippen LogP contribution in [-0.4, -0.2) is 45.3 Å². The first-order valence-corrected chi connectivity index (χ1v) is 6.95. The van der Waals surface area contributed by atoms with Gasteiger partial charge in [-0.25, -0.2) is 0 Å². The molecule has 1 aliphatic heterocycles. The number of nitrogens with zero attached hydrogens (tertiary/aromatic N) is 1. The van der Waals surface area contributed by atoms with E-state index in [4.69, 9.17) is 9.47 Å². The summed E-state index contributed by atoms with van der Waals surface area (Å²) in [6.45, 7) is 7.46. The van der Waals surface area contributed by atoms with Crippen molar-refractivity contribution in [3.05, 3.63) is 23.3 Å². The summed E-state index contributed by atoms with van der Waals surface area (Å²) in [5.41, 5.74) is 2.61. The number of hydrogen-bond acceptors (Lipinski definition) is 4. The molecular weight excluding hydrogens is 240 g/mol. The molecule has 1 N–H and O–H groups in total. The van der Waals surface area contributed by atoms with Crippen molar-refractivity contribution in [2.24, 2.45) is 0 Å². The number of methoxy groups -OCH3 is 2. The molecule has 4 nitrogen and oxygen atoms in total. The van der Waals surface area contributed by atoms with Crippen LogP contribution in [0.2, 0.25) is 0 Å². The van der Waals surface area contributed by atoms with Gasteiger partial charge in [0.1, 0.15) is 11.5 Å². The fraction of sp³-hybridized carbons (Fsp3) is 0.600. The molecule has 4 heteroatoms. The highest BCUT2D eigenvalue weighted by Crippen LogP contribution is 2.30. The molecule has 1 saturated heterocycles. The average molecular weight is 264 g/mol. The second-order valence-electron chi connectivity index (χ2n) is 4.85. The third-order valence-electron chi connectivity index (χ3n) is 3.70. The van der Waals surface area contributed by atoms with Crippen LogP contribution in [0.4, 0.5) is 0 Å². The van der Waals surface area contributed by atoms with Gasteiger partial charge in [0.15, 0.2) is 0 Å². The standard InChI is InChI=1S/C15H24N2O2/c1-4-12-9-13(18-2)10-15(19-3)14(12)11-17-7-5-16-6-8-17/h9-10,16H,4-8,11H2,1-3H3. The summed E-state index contributed by atoms with van der Waals surface area (Å²) in [6, 6.07) is 4.11. The lowest BCUT2D eigenvalue weighted by molar-refractivity contribution is 0.229. The van der Waals surface area contributed by atoms with E-state index < -0.39 is 0 Å². The van der Waals surface area contributed by atoms with E-state index in [1.165, 1.54) is 11.1 Å². The largest absolute Gasteiger partial charge is 0.497 e. The summed E-state index contributed by atoms with van der Waals surface area (Å²) in [4.78, 5) is 2.47. The second kappa shape index (κ2) is 6.78. The summed E-state index contributed by atoms with van der Waals surface area (Å²) >= 11 is 0. The molecule has 0 unspecified atom stereocenters. The van der Waals surface area contributed by atoms with Crippen molar-refractivity contribution in [3.63, 3.8) is 0 Å². The van der Waals surface area contributed by atoms with Gasteiger partial charge in [-0.3, -0.25) is 4.90 Å². The van der Waals surface area contributed by atoms with E-state index in [-0.39, 0.29) is 0 Å². The monoisotopic (exact) mass is 264 g/mol. The Morgan fingerprint density at radius 2 is 1.89 bits per heavy atom. The van der Waals surface area contributed by atoms with Crippen molar-refractivity contribution in [2.75, 3.05) is 40.4 Å². The van der Waals surface area contributed by atoms with Gasteiger partial charge in [-0.15, -0.1) is 0 Å². The van der Waals surface area contributed by atoms with Crippen molar-refractivity contribution >= 4 is 0 Å². The number of piperazine rings is 1. The minimum Gasteiger partial charge on any atom is -0.497 e. The molecule has 1 heterocycles. The predicted octanol–water partition coefficient (Wildman–Crippen LogP) is 1.67. The molecule has 0 radical (unpaired) electrons. The van der Waals surface area contributed by atoms with Crippen molar-refractivity contribution in [3.8, 4) is 11.5 Å². The summed E-state index contributed by atoms with van der Waals surface area (Å²) in [6.07, 6.45) is 0.995. The molecule has 2 rings (SSSR count). The first-order chi connectivity index (χ1) is 9.28. The Labute approximate surface area is 115 Å². The van der Waals surface area contributed by atoms with Crippen LogP contribution in [0.1, 0.15) is 18.1 Å². The van der Waals surface area contributed by atoms with Gasteiger partial charge in [0, 0.05) is 44.4 Å². The molecular formula is C15H24N2O2. The van der Waals surface area contributed by atoms with E-state index in [9.17, 15) is 0 Å². The van der Waals surface area contributed by atoms with Crippen LogP contribution in [0.25, 0.3) is 0 Å². The number of benzene rings is 1. The molecule has 0 atom stereocenters. The quantitative estimate of drug-likeness (QED) is 0.877. The zero-order valence-corrected chi connectivity index (χ0v) is 12.2. The zero-order valence-electron chi connectivity index (χ0n) is 12.2. The second-order valence-corrected chi connectivity index (χ2v) is 4.85. The normalized spacial score (nSPS) is 16.4. The summed E-state index contributed by atoms with van der Waals surface area (Å²) < 4.78 is 10.9. The van der Waals surface area contributed by atoms with Crippen LogP contribution in [0, 0.1) is 0 Å². The minimum atomic E-state index is 0.873. The number of hydrogen-bond donors (Lipinski definition) is 1. The molecule has 1 aromatic carbocycles. The maximum atomic E-state index is 5.55. The number of aryl methyl sites for hydroxylation is 1. The molecule has 0 aromatic heterocycles. The SMILES string of the molecule is CCc1cc(OC)cc(OC)c1CN1CCNCC1. The van der Waals surface area contributed by atoms with E-state index in [1.54, 1.807) is 14.2 Å². The molecule has 0 spiro atoms. The molecule has 1 aliphatic rings. The highest BCUT2D eigenvalue weighted by atomic mass is 16.5. The van der Waals surface area contributed by atoms with Gasteiger partial charge in [-0.1, -0.05) is 6.92 Å². The van der Waals surface area contributed by atoms with E-state index in [2.05, 4.69) is 23.2 Å². The topological polar surface area (TPSA) is 33.7 Å². The smallest absolute Gasteiger partial charge is 0.127 e. The van der Waals surface area contributed by atoms with Crippen LogP contribution in [0.5, 0.6) is 11.5 Å². The summed E-state index contributed by atoms with van der Waals surface area (Å²) in [5.74, 6) is 1.81. The fourth-order valence-corrected chi connectivity index (χ4v) is 2.56. The lowest BCUT2D eigenvalue weighted by Gasteiger charge is -2.28. The Bertz CT molecular complexity index is 390. The maximum Gasteiger partial charge on any atom is 0.127 e. The predicted molar refractivity (Wildman–Crippen MR) is 77.1 cm³/mol. The lowest BCUT2D eigenvalue weighted by atomic mass is 10.0. The van der Waals surface area contributed by atoms with Gasteiger partial charge < -0.3 is 14.8 Å². The van der Waals surface area contributed by atoms with Crippen LogP contribution in [0.15, 0.2) is 12.1 Å². The van der Waals surface area contributed by atoms with Crippen LogP contribution < -0.4 is 14.8 Å². The van der Waals surface area contributed by atoms with Crippen LogP contribution in [0.3, 0.4) is 0 Å². The average Bonchev–Trinajstić information content (AvgIpc) is 2.48. The van der Waals surface area contributed by atoms with E-state index in [0.717, 1.165) is 50.6 Å². The molecule has 0 amide bonds. The van der Waals surface area contributed by atoms with Crippen molar-refractivity contribution < 1.29 is 9.47 Å². The Hall–Kier alpha value is -1.26. The Morgan fingerprint density at radius 3 is 2.47 bits per heavy atom. The third kappa shape index (κ3) is 3.39. The molecule has 0 bridgehead atoms.